The molecule has 6 nitrogen and oxygen atoms in total. The number of benzene rings is 1. The fraction of sp³-hybridized carbons (Fsp3) is 0.524. The third-order valence-corrected chi connectivity index (χ3v) is 6.47. The highest BCUT2D eigenvalue weighted by atomic mass is 16.5. The van der Waals surface area contributed by atoms with Gasteiger partial charge in [0.2, 0.25) is 11.8 Å². The van der Waals surface area contributed by atoms with E-state index in [2.05, 4.69) is 12.1 Å². The Balaban J connectivity index is 1.39. The maximum absolute atomic E-state index is 13.4. The van der Waals surface area contributed by atoms with Crippen LogP contribution in [0.5, 0.6) is 0 Å². The summed E-state index contributed by atoms with van der Waals surface area (Å²) in [6.45, 7) is 2.85. The lowest BCUT2D eigenvalue weighted by atomic mass is 9.76. The van der Waals surface area contributed by atoms with E-state index >= 15 is 0 Å². The molecule has 4 aliphatic heterocycles. The van der Waals surface area contributed by atoms with Crippen molar-refractivity contribution < 1.29 is 19.1 Å². The number of hydrogen-bond acceptors (Lipinski definition) is 4. The molecule has 2 fully saturated rings. The van der Waals surface area contributed by atoms with Crippen LogP contribution in [0, 0.1) is 11.8 Å². The zero-order valence-electron chi connectivity index (χ0n) is 15.5. The van der Waals surface area contributed by atoms with E-state index in [0.29, 0.717) is 32.8 Å². The standard InChI is InChI=1S/C21H24N2O4/c1-26-11-10-23-13-21-8-6-16(27-21)17(18(21)20(23)25)19(24)22-9-7-14-4-2-3-5-15(14)12-22/h2-6,8,16-18H,7,9-13H2,1H3/t16-,17-,18+,21-/m0/s1. The number of hydrogen-bond donors (Lipinski definition) is 0. The molecule has 2 saturated heterocycles. The topological polar surface area (TPSA) is 59.1 Å². The molecule has 27 heavy (non-hydrogen) atoms. The lowest BCUT2D eigenvalue weighted by molar-refractivity contribution is -0.144. The SMILES string of the molecule is COCCN1C[C@]23C=C[C@H](O2)[C@H](C(=O)N2CCc4ccccc4C2)[C@@H]3C1=O. The van der Waals surface area contributed by atoms with E-state index in [1.54, 1.807) is 12.0 Å². The Kier molecular flexibility index (Phi) is 3.88. The maximum Gasteiger partial charge on any atom is 0.230 e. The molecule has 4 atom stereocenters. The molecule has 1 spiro atoms. The van der Waals surface area contributed by atoms with Gasteiger partial charge in [-0.2, -0.15) is 0 Å². The van der Waals surface area contributed by atoms with Crippen molar-refractivity contribution in [3.8, 4) is 0 Å². The molecule has 0 saturated carbocycles. The minimum Gasteiger partial charge on any atom is -0.383 e. The Hall–Kier alpha value is -2.18. The molecule has 4 aliphatic rings. The number of amides is 2. The quantitative estimate of drug-likeness (QED) is 0.744. The van der Waals surface area contributed by atoms with Gasteiger partial charge in [-0.3, -0.25) is 9.59 Å². The first-order valence-electron chi connectivity index (χ1n) is 9.63. The van der Waals surface area contributed by atoms with Crippen molar-refractivity contribution in [2.24, 2.45) is 11.8 Å². The summed E-state index contributed by atoms with van der Waals surface area (Å²) in [5, 5.41) is 0. The van der Waals surface area contributed by atoms with E-state index in [1.807, 2.05) is 29.2 Å². The molecular weight excluding hydrogens is 344 g/mol. The Labute approximate surface area is 158 Å². The van der Waals surface area contributed by atoms with Crippen molar-refractivity contribution in [3.63, 3.8) is 0 Å². The van der Waals surface area contributed by atoms with Crippen LogP contribution in [0.2, 0.25) is 0 Å². The van der Waals surface area contributed by atoms with E-state index in [1.165, 1.54) is 11.1 Å². The van der Waals surface area contributed by atoms with Gasteiger partial charge >= 0.3 is 0 Å². The predicted octanol–water partition coefficient (Wildman–Crippen LogP) is 1.000. The highest BCUT2D eigenvalue weighted by Gasteiger charge is 2.67. The Morgan fingerprint density at radius 1 is 1.33 bits per heavy atom. The first kappa shape index (κ1) is 17.0. The van der Waals surface area contributed by atoms with E-state index in [0.717, 1.165) is 6.42 Å². The molecule has 0 aliphatic carbocycles. The molecule has 1 aromatic rings. The van der Waals surface area contributed by atoms with Crippen molar-refractivity contribution in [2.75, 3.05) is 33.4 Å². The fourth-order valence-corrected chi connectivity index (χ4v) is 5.15. The molecule has 4 heterocycles. The molecule has 6 heteroatoms. The summed E-state index contributed by atoms with van der Waals surface area (Å²) < 4.78 is 11.3. The Morgan fingerprint density at radius 2 is 2.15 bits per heavy atom. The van der Waals surface area contributed by atoms with Gasteiger partial charge in [-0.1, -0.05) is 36.4 Å². The fourth-order valence-electron chi connectivity index (χ4n) is 5.15. The maximum atomic E-state index is 13.4. The summed E-state index contributed by atoms with van der Waals surface area (Å²) in [6, 6.07) is 8.27. The summed E-state index contributed by atoms with van der Waals surface area (Å²) >= 11 is 0. The van der Waals surface area contributed by atoms with Gasteiger partial charge in [0.05, 0.1) is 31.1 Å². The van der Waals surface area contributed by atoms with Crippen LogP contribution in [0.1, 0.15) is 11.1 Å². The third-order valence-electron chi connectivity index (χ3n) is 6.47. The van der Waals surface area contributed by atoms with Crippen LogP contribution < -0.4 is 0 Å². The highest BCUT2D eigenvalue weighted by molar-refractivity contribution is 5.93. The summed E-state index contributed by atoms with van der Waals surface area (Å²) in [5.74, 6) is -0.753. The normalized spacial score (nSPS) is 33.5. The molecule has 1 aromatic carbocycles. The van der Waals surface area contributed by atoms with Gasteiger partial charge in [0.15, 0.2) is 0 Å². The van der Waals surface area contributed by atoms with Crippen LogP contribution in [0.15, 0.2) is 36.4 Å². The minimum absolute atomic E-state index is 0.0228. The second-order valence-corrected chi connectivity index (χ2v) is 7.93. The minimum atomic E-state index is -0.635. The number of fused-ring (bicyclic) bond motifs is 2. The Morgan fingerprint density at radius 3 is 2.96 bits per heavy atom. The third kappa shape index (κ3) is 2.47. The summed E-state index contributed by atoms with van der Waals surface area (Å²) in [4.78, 5) is 30.2. The second-order valence-electron chi connectivity index (χ2n) is 7.93. The zero-order valence-corrected chi connectivity index (χ0v) is 15.5. The monoisotopic (exact) mass is 368 g/mol. The number of methoxy groups -OCH3 is 1. The average molecular weight is 368 g/mol. The average Bonchev–Trinajstić information content (AvgIpc) is 3.33. The molecule has 2 amide bonds. The van der Waals surface area contributed by atoms with Crippen LogP contribution in [-0.4, -0.2) is 66.7 Å². The zero-order chi connectivity index (χ0) is 18.6. The number of ether oxygens (including phenoxy) is 2. The molecule has 0 unspecified atom stereocenters. The van der Waals surface area contributed by atoms with Gasteiger partial charge in [-0.05, 0) is 17.5 Å². The van der Waals surface area contributed by atoms with E-state index < -0.39 is 17.4 Å². The van der Waals surface area contributed by atoms with Crippen LogP contribution >= 0.6 is 0 Å². The van der Waals surface area contributed by atoms with Crippen molar-refractivity contribution in [1.82, 2.24) is 9.80 Å². The molecule has 0 aromatic heterocycles. The number of nitrogens with zero attached hydrogens (tertiary/aromatic N) is 2. The molecule has 0 radical (unpaired) electrons. The van der Waals surface area contributed by atoms with Gasteiger partial charge in [0.25, 0.3) is 0 Å². The first-order valence-corrected chi connectivity index (χ1v) is 9.63. The van der Waals surface area contributed by atoms with Crippen molar-refractivity contribution in [3.05, 3.63) is 47.5 Å². The van der Waals surface area contributed by atoms with Crippen molar-refractivity contribution in [2.45, 2.75) is 24.7 Å². The smallest absolute Gasteiger partial charge is 0.230 e. The number of carbonyl (C=O) groups is 2. The molecule has 2 bridgehead atoms. The van der Waals surface area contributed by atoms with Gasteiger partial charge < -0.3 is 19.3 Å². The second kappa shape index (κ2) is 6.17. The molecule has 5 rings (SSSR count). The van der Waals surface area contributed by atoms with Crippen molar-refractivity contribution in [1.29, 1.82) is 0 Å². The number of carbonyl (C=O) groups excluding carboxylic acids is 2. The summed E-state index contributed by atoms with van der Waals surface area (Å²) in [6.07, 6.45) is 4.56. The van der Waals surface area contributed by atoms with Crippen LogP contribution in [-0.2, 0) is 32.0 Å². The number of likely N-dealkylation sites (tertiary alicyclic amines) is 1. The van der Waals surface area contributed by atoms with Crippen molar-refractivity contribution >= 4 is 11.8 Å². The van der Waals surface area contributed by atoms with E-state index in [4.69, 9.17) is 9.47 Å². The van der Waals surface area contributed by atoms with E-state index in [9.17, 15) is 9.59 Å². The summed E-state index contributed by atoms with van der Waals surface area (Å²) in [5.41, 5.74) is 1.87. The van der Waals surface area contributed by atoms with Gasteiger partial charge in [-0.25, -0.2) is 0 Å². The molecule has 142 valence electrons. The molecular formula is C21H24N2O4. The lowest BCUT2D eigenvalue weighted by Gasteiger charge is -2.33. The summed E-state index contributed by atoms with van der Waals surface area (Å²) in [7, 11) is 1.63. The van der Waals surface area contributed by atoms with Crippen LogP contribution in [0.3, 0.4) is 0 Å². The van der Waals surface area contributed by atoms with E-state index in [-0.39, 0.29) is 17.9 Å². The first-order chi connectivity index (χ1) is 13.1. The largest absolute Gasteiger partial charge is 0.383 e. The van der Waals surface area contributed by atoms with Gasteiger partial charge in [0, 0.05) is 26.7 Å². The lowest BCUT2D eigenvalue weighted by Crippen LogP contribution is -2.47. The Bertz CT molecular complexity index is 822. The molecule has 0 N–H and O–H groups in total. The highest BCUT2D eigenvalue weighted by Crippen LogP contribution is 2.52. The van der Waals surface area contributed by atoms with Gasteiger partial charge in [-0.15, -0.1) is 0 Å². The number of rotatable bonds is 4. The van der Waals surface area contributed by atoms with Gasteiger partial charge in [0.1, 0.15) is 5.60 Å². The van der Waals surface area contributed by atoms with Crippen LogP contribution in [0.25, 0.3) is 0 Å². The predicted molar refractivity (Wildman–Crippen MR) is 97.7 cm³/mol. The van der Waals surface area contributed by atoms with Crippen LogP contribution in [0.4, 0.5) is 0 Å².